The van der Waals surface area contributed by atoms with Gasteiger partial charge in [0.05, 0.1) is 12.2 Å². The Balaban J connectivity index is 1.79. The Morgan fingerprint density at radius 3 is 2.36 bits per heavy atom. The number of rotatable bonds is 1. The lowest BCUT2D eigenvalue weighted by atomic mass is 10.1. The van der Waals surface area contributed by atoms with Gasteiger partial charge in [0, 0.05) is 13.1 Å². The third-order valence-electron chi connectivity index (χ3n) is 2.54. The van der Waals surface area contributed by atoms with Gasteiger partial charge in [-0.2, -0.15) is 0 Å². The second kappa shape index (κ2) is 2.73. The summed E-state index contributed by atoms with van der Waals surface area (Å²) in [6, 6.07) is 0. The highest BCUT2D eigenvalue weighted by molar-refractivity contribution is 4.84. The van der Waals surface area contributed by atoms with Crippen LogP contribution in [0.5, 0.6) is 0 Å². The maximum atomic E-state index is 9.23. The zero-order valence-electron chi connectivity index (χ0n) is 6.86. The summed E-state index contributed by atoms with van der Waals surface area (Å²) in [5, 5.41) is 9.23. The van der Waals surface area contributed by atoms with Gasteiger partial charge in [-0.15, -0.1) is 0 Å². The molecule has 3 heteroatoms. The Morgan fingerprint density at radius 1 is 1.36 bits per heavy atom. The molecule has 0 bridgehead atoms. The van der Waals surface area contributed by atoms with E-state index in [0.717, 1.165) is 25.9 Å². The Kier molecular flexibility index (Phi) is 1.87. The summed E-state index contributed by atoms with van der Waals surface area (Å²) >= 11 is 0. The van der Waals surface area contributed by atoms with Crippen LogP contribution in [0.3, 0.4) is 0 Å². The fraction of sp³-hybridized carbons (Fsp3) is 1.00. The predicted octanol–water partition coefficient (Wildman–Crippen LogP) is 0.188. The maximum absolute atomic E-state index is 9.23. The van der Waals surface area contributed by atoms with Gasteiger partial charge < -0.3 is 9.84 Å². The van der Waals surface area contributed by atoms with Crippen LogP contribution in [0.15, 0.2) is 0 Å². The first-order valence-electron chi connectivity index (χ1n) is 4.35. The van der Waals surface area contributed by atoms with Crippen LogP contribution in [0.2, 0.25) is 0 Å². The normalized spacial score (nSPS) is 40.9. The van der Waals surface area contributed by atoms with Gasteiger partial charge in [0.2, 0.25) is 0 Å². The summed E-state index contributed by atoms with van der Waals surface area (Å²) in [6.45, 7) is 4.09. The molecule has 64 valence electrons. The minimum atomic E-state index is -0.0692. The minimum absolute atomic E-state index is 0.0692. The molecular formula is C8H15NO2. The average molecular weight is 157 g/mol. The quantitative estimate of drug-likeness (QED) is 0.552. The molecule has 11 heavy (non-hydrogen) atoms. The standard InChI is InChI=1S/C8H15NO2/c1-6-8(11-6)9-4-2-7(10)3-5-9/h6-8,10H,2-5H2,1H3. The lowest BCUT2D eigenvalue weighted by molar-refractivity contribution is 0.0591. The number of nitrogens with zero attached hydrogens (tertiary/aromatic N) is 1. The predicted molar refractivity (Wildman–Crippen MR) is 41.1 cm³/mol. The Bertz CT molecular complexity index is 143. The third kappa shape index (κ3) is 1.55. The maximum Gasteiger partial charge on any atom is 0.137 e. The van der Waals surface area contributed by atoms with E-state index in [-0.39, 0.29) is 6.10 Å². The van der Waals surface area contributed by atoms with Crippen LogP contribution >= 0.6 is 0 Å². The molecule has 0 aromatic rings. The molecule has 2 unspecified atom stereocenters. The van der Waals surface area contributed by atoms with Crippen LogP contribution in [0.4, 0.5) is 0 Å². The van der Waals surface area contributed by atoms with Crippen LogP contribution in [0.1, 0.15) is 19.8 Å². The highest BCUT2D eigenvalue weighted by Gasteiger charge is 2.40. The van der Waals surface area contributed by atoms with Gasteiger partial charge in [0.1, 0.15) is 6.23 Å². The Hall–Kier alpha value is -0.120. The second-order valence-corrected chi connectivity index (χ2v) is 3.50. The van der Waals surface area contributed by atoms with Crippen molar-refractivity contribution in [1.29, 1.82) is 0 Å². The van der Waals surface area contributed by atoms with E-state index in [1.165, 1.54) is 0 Å². The average Bonchev–Trinajstić information content (AvgIpc) is 2.69. The zero-order chi connectivity index (χ0) is 7.84. The van der Waals surface area contributed by atoms with Gasteiger partial charge in [-0.3, -0.25) is 4.90 Å². The molecule has 0 aromatic carbocycles. The van der Waals surface area contributed by atoms with Crippen LogP contribution in [-0.2, 0) is 4.74 Å². The molecule has 0 radical (unpaired) electrons. The second-order valence-electron chi connectivity index (χ2n) is 3.50. The molecule has 2 aliphatic heterocycles. The highest BCUT2D eigenvalue weighted by Crippen LogP contribution is 2.27. The molecule has 1 N–H and O–H groups in total. The molecule has 2 rings (SSSR count). The van der Waals surface area contributed by atoms with Gasteiger partial charge in [-0.25, -0.2) is 0 Å². The number of aliphatic hydroxyl groups excluding tert-OH is 1. The summed E-state index contributed by atoms with van der Waals surface area (Å²) in [7, 11) is 0. The van der Waals surface area contributed by atoms with Crippen molar-refractivity contribution >= 4 is 0 Å². The number of epoxide rings is 1. The van der Waals surface area contributed by atoms with E-state index < -0.39 is 0 Å². The van der Waals surface area contributed by atoms with Gasteiger partial charge >= 0.3 is 0 Å². The minimum Gasteiger partial charge on any atom is -0.393 e. The van der Waals surface area contributed by atoms with E-state index in [4.69, 9.17) is 4.74 Å². The van der Waals surface area contributed by atoms with Gasteiger partial charge in [0.15, 0.2) is 0 Å². The van der Waals surface area contributed by atoms with Crippen molar-refractivity contribution in [2.24, 2.45) is 0 Å². The third-order valence-corrected chi connectivity index (χ3v) is 2.54. The lowest BCUT2D eigenvalue weighted by Gasteiger charge is -2.27. The highest BCUT2D eigenvalue weighted by atomic mass is 16.6. The van der Waals surface area contributed by atoms with Crippen LogP contribution in [-0.4, -0.2) is 41.5 Å². The van der Waals surface area contributed by atoms with Crippen molar-refractivity contribution in [3.8, 4) is 0 Å². The van der Waals surface area contributed by atoms with E-state index in [1.807, 2.05) is 0 Å². The summed E-state index contributed by atoms with van der Waals surface area (Å²) < 4.78 is 5.34. The van der Waals surface area contributed by atoms with E-state index in [1.54, 1.807) is 0 Å². The molecular weight excluding hydrogens is 142 g/mol. The number of piperidine rings is 1. The number of aliphatic hydroxyl groups is 1. The molecule has 0 saturated carbocycles. The number of ether oxygens (including phenoxy) is 1. The summed E-state index contributed by atoms with van der Waals surface area (Å²) in [5.74, 6) is 0. The van der Waals surface area contributed by atoms with E-state index in [2.05, 4.69) is 11.8 Å². The van der Waals surface area contributed by atoms with Crippen LogP contribution in [0.25, 0.3) is 0 Å². The molecule has 2 heterocycles. The smallest absolute Gasteiger partial charge is 0.137 e. The fourth-order valence-corrected chi connectivity index (χ4v) is 1.70. The molecule has 0 aliphatic carbocycles. The molecule has 0 aromatic heterocycles. The van der Waals surface area contributed by atoms with E-state index >= 15 is 0 Å². The van der Waals surface area contributed by atoms with Crippen molar-refractivity contribution < 1.29 is 9.84 Å². The molecule has 0 spiro atoms. The zero-order valence-corrected chi connectivity index (χ0v) is 6.86. The molecule has 2 fully saturated rings. The van der Waals surface area contributed by atoms with Gasteiger partial charge in [-0.05, 0) is 19.8 Å². The van der Waals surface area contributed by atoms with Crippen molar-refractivity contribution in [2.45, 2.75) is 38.2 Å². The summed E-state index contributed by atoms with van der Waals surface area (Å²) in [5.41, 5.74) is 0. The summed E-state index contributed by atoms with van der Waals surface area (Å²) in [6.07, 6.45) is 2.53. The fourth-order valence-electron chi connectivity index (χ4n) is 1.70. The SMILES string of the molecule is CC1OC1N1CCC(O)CC1. The first-order chi connectivity index (χ1) is 5.27. The molecule has 0 amide bonds. The molecule has 2 aliphatic rings. The largest absolute Gasteiger partial charge is 0.393 e. The van der Waals surface area contributed by atoms with Gasteiger partial charge in [0.25, 0.3) is 0 Å². The molecule has 2 saturated heterocycles. The first-order valence-corrected chi connectivity index (χ1v) is 4.35. The number of hydrogen-bond donors (Lipinski definition) is 1. The molecule has 3 nitrogen and oxygen atoms in total. The topological polar surface area (TPSA) is 36.0 Å². The van der Waals surface area contributed by atoms with Crippen molar-refractivity contribution in [3.63, 3.8) is 0 Å². The number of likely N-dealkylation sites (tertiary alicyclic amines) is 1. The van der Waals surface area contributed by atoms with E-state index in [0.29, 0.717) is 12.3 Å². The van der Waals surface area contributed by atoms with Crippen molar-refractivity contribution in [1.82, 2.24) is 4.90 Å². The van der Waals surface area contributed by atoms with E-state index in [9.17, 15) is 5.11 Å². The number of hydrogen-bond acceptors (Lipinski definition) is 3. The Labute approximate surface area is 66.9 Å². The first kappa shape index (κ1) is 7.53. The van der Waals surface area contributed by atoms with Crippen molar-refractivity contribution in [2.75, 3.05) is 13.1 Å². The van der Waals surface area contributed by atoms with Crippen LogP contribution < -0.4 is 0 Å². The van der Waals surface area contributed by atoms with Gasteiger partial charge in [-0.1, -0.05) is 0 Å². The monoisotopic (exact) mass is 157 g/mol. The molecule has 2 atom stereocenters. The Morgan fingerprint density at radius 2 is 1.91 bits per heavy atom. The van der Waals surface area contributed by atoms with Crippen molar-refractivity contribution in [3.05, 3.63) is 0 Å². The summed E-state index contributed by atoms with van der Waals surface area (Å²) in [4.78, 5) is 2.32. The lowest BCUT2D eigenvalue weighted by Crippen LogP contribution is -2.38. The van der Waals surface area contributed by atoms with Crippen LogP contribution in [0, 0.1) is 0 Å².